The average Bonchev–Trinajstić information content (AvgIpc) is 3.28. The molecule has 3 aromatic rings. The zero-order chi connectivity index (χ0) is 19.8. The van der Waals surface area contributed by atoms with E-state index in [4.69, 9.17) is 15.2 Å². The molecule has 0 atom stereocenters. The maximum atomic E-state index is 5.79. The number of aromatic nitrogens is 4. The molecule has 1 fully saturated rings. The summed E-state index contributed by atoms with van der Waals surface area (Å²) in [6.45, 7) is 0. The van der Waals surface area contributed by atoms with Crippen molar-refractivity contribution in [2.75, 3.05) is 0 Å². The Hall–Kier alpha value is -3.48. The van der Waals surface area contributed by atoms with Gasteiger partial charge in [0.05, 0.1) is 17.2 Å². The lowest BCUT2D eigenvalue weighted by Crippen LogP contribution is -2.36. The molecule has 5 rings (SSSR count). The Morgan fingerprint density at radius 2 is 1.93 bits per heavy atom. The first-order valence-electron chi connectivity index (χ1n) is 9.78. The van der Waals surface area contributed by atoms with Crippen molar-refractivity contribution in [1.82, 2.24) is 19.9 Å². The Bertz CT molecular complexity index is 1130. The van der Waals surface area contributed by atoms with Crippen LogP contribution in [0.2, 0.25) is 0 Å². The summed E-state index contributed by atoms with van der Waals surface area (Å²) in [7, 11) is 1.87. The molecule has 2 N–H and O–H groups in total. The quantitative estimate of drug-likeness (QED) is 0.739. The number of hydrogen-bond acceptors (Lipinski definition) is 6. The van der Waals surface area contributed by atoms with Gasteiger partial charge in [-0.15, -0.1) is 0 Å². The number of nitrogens with zero attached hydrogens (tertiary/aromatic N) is 5. The third-order valence-corrected chi connectivity index (χ3v) is 5.80. The molecule has 3 heterocycles. The van der Waals surface area contributed by atoms with Gasteiger partial charge in [0.2, 0.25) is 0 Å². The molecule has 7 heteroatoms. The van der Waals surface area contributed by atoms with Gasteiger partial charge in [-0.05, 0) is 42.0 Å². The predicted octanol–water partition coefficient (Wildman–Crippen LogP) is 3.60. The first-order valence-corrected chi connectivity index (χ1v) is 9.78. The topological polar surface area (TPSA) is 95.1 Å². The van der Waals surface area contributed by atoms with Crippen LogP contribution >= 0.6 is 0 Å². The maximum Gasteiger partial charge on any atom is 0.261 e. The zero-order valence-corrected chi connectivity index (χ0v) is 16.2. The van der Waals surface area contributed by atoms with Crippen LogP contribution in [0.1, 0.15) is 42.6 Å². The monoisotopic (exact) mass is 386 g/mol. The van der Waals surface area contributed by atoms with Crippen LogP contribution in [0.15, 0.2) is 64.1 Å². The molecule has 0 amide bonds. The van der Waals surface area contributed by atoms with Crippen LogP contribution in [0.3, 0.4) is 0 Å². The Morgan fingerprint density at radius 1 is 1.10 bits per heavy atom. The number of hydrogen-bond donors (Lipinski definition) is 1. The van der Waals surface area contributed by atoms with Crippen molar-refractivity contribution in [1.29, 1.82) is 0 Å². The molecule has 7 nitrogen and oxygen atoms in total. The van der Waals surface area contributed by atoms with Crippen molar-refractivity contribution in [2.45, 2.75) is 31.1 Å². The molecule has 29 heavy (non-hydrogen) atoms. The minimum atomic E-state index is -0.180. The summed E-state index contributed by atoms with van der Waals surface area (Å²) in [5.74, 6) is 1.83. The molecule has 2 aromatic heterocycles. The highest BCUT2D eigenvalue weighted by molar-refractivity contribution is 6.10. The summed E-state index contributed by atoms with van der Waals surface area (Å²) in [6.07, 6.45) is 13.5. The Balaban J connectivity index is 1.44. The van der Waals surface area contributed by atoms with Crippen molar-refractivity contribution in [3.05, 3.63) is 71.6 Å². The van der Waals surface area contributed by atoms with Crippen molar-refractivity contribution in [2.24, 2.45) is 17.8 Å². The second-order valence-electron chi connectivity index (χ2n) is 7.62. The van der Waals surface area contributed by atoms with Crippen molar-refractivity contribution >= 4 is 11.8 Å². The van der Waals surface area contributed by atoms with Crippen LogP contribution in [0, 0.1) is 0 Å². The van der Waals surface area contributed by atoms with Crippen LogP contribution < -0.4 is 5.73 Å². The summed E-state index contributed by atoms with van der Waals surface area (Å²) in [5.41, 5.74) is 9.87. The summed E-state index contributed by atoms with van der Waals surface area (Å²) in [5, 5.41) is 8.51. The van der Waals surface area contributed by atoms with E-state index in [1.54, 1.807) is 10.9 Å². The standard InChI is InChI=1S/C22H22N6O/c1-28-14-17(13-25-28)20-26-21(27-29-20)22(10-3-11-22)18-8-6-15(7-9-18)16-4-2-5-19(23)24-12-16/h4-9,12-14H,2-3,10-11,23H2,1H3. The Kier molecular flexibility index (Phi) is 4.16. The van der Waals surface area contributed by atoms with Crippen LogP contribution in [-0.4, -0.2) is 26.1 Å². The lowest BCUT2D eigenvalue weighted by atomic mass is 9.64. The number of benzene rings is 1. The molecule has 2 aliphatic rings. The fraction of sp³-hybridized carbons (Fsp3) is 0.273. The molecule has 146 valence electrons. The summed E-state index contributed by atoms with van der Waals surface area (Å²) >= 11 is 0. The number of nitrogens with two attached hydrogens (primary N) is 1. The van der Waals surface area contributed by atoms with Gasteiger partial charge >= 0.3 is 0 Å². The lowest BCUT2D eigenvalue weighted by Gasteiger charge is -2.39. The number of rotatable bonds is 4. The van der Waals surface area contributed by atoms with Gasteiger partial charge in [-0.3, -0.25) is 4.68 Å². The highest BCUT2D eigenvalue weighted by Crippen LogP contribution is 2.48. The van der Waals surface area contributed by atoms with Crippen molar-refractivity contribution < 1.29 is 4.52 Å². The fourth-order valence-electron chi connectivity index (χ4n) is 3.97. The van der Waals surface area contributed by atoms with Crippen LogP contribution in [0.4, 0.5) is 0 Å². The fourth-order valence-corrected chi connectivity index (χ4v) is 3.97. The number of aryl methyl sites for hydroxylation is 1. The minimum Gasteiger partial charge on any atom is -0.384 e. The van der Waals surface area contributed by atoms with E-state index in [9.17, 15) is 0 Å². The zero-order valence-electron chi connectivity index (χ0n) is 16.2. The summed E-state index contributed by atoms with van der Waals surface area (Å²) < 4.78 is 7.28. The van der Waals surface area contributed by atoms with E-state index in [2.05, 4.69) is 45.6 Å². The second-order valence-corrected chi connectivity index (χ2v) is 7.62. The van der Waals surface area contributed by atoms with Gasteiger partial charge in [0, 0.05) is 19.5 Å². The second kappa shape index (κ2) is 6.84. The smallest absolute Gasteiger partial charge is 0.261 e. The third-order valence-electron chi connectivity index (χ3n) is 5.80. The van der Waals surface area contributed by atoms with Crippen LogP contribution in [0.5, 0.6) is 0 Å². The number of allylic oxidation sites excluding steroid dienone is 3. The molecule has 0 saturated heterocycles. The van der Waals surface area contributed by atoms with E-state index in [0.29, 0.717) is 11.7 Å². The van der Waals surface area contributed by atoms with E-state index < -0.39 is 0 Å². The van der Waals surface area contributed by atoms with Gasteiger partial charge in [-0.2, -0.15) is 10.1 Å². The summed E-state index contributed by atoms with van der Waals surface area (Å²) in [6, 6.07) is 8.61. The van der Waals surface area contributed by atoms with Crippen LogP contribution in [-0.2, 0) is 12.5 Å². The van der Waals surface area contributed by atoms with Gasteiger partial charge in [0.25, 0.3) is 5.89 Å². The lowest BCUT2D eigenvalue weighted by molar-refractivity contribution is 0.273. The highest BCUT2D eigenvalue weighted by atomic mass is 16.5. The van der Waals surface area contributed by atoms with E-state index in [0.717, 1.165) is 48.2 Å². The van der Waals surface area contributed by atoms with E-state index >= 15 is 0 Å². The Labute approximate surface area is 168 Å². The molecule has 0 spiro atoms. The van der Waals surface area contributed by atoms with Crippen LogP contribution in [0.25, 0.3) is 17.0 Å². The van der Waals surface area contributed by atoms with Gasteiger partial charge < -0.3 is 10.3 Å². The largest absolute Gasteiger partial charge is 0.384 e. The van der Waals surface area contributed by atoms with E-state index in [1.807, 2.05) is 25.5 Å². The number of aliphatic imine (C=N–C) groups is 1. The minimum absolute atomic E-state index is 0.180. The van der Waals surface area contributed by atoms with Gasteiger partial charge in [-0.25, -0.2) is 4.99 Å². The molecule has 1 saturated carbocycles. The van der Waals surface area contributed by atoms with E-state index in [1.165, 1.54) is 5.56 Å². The van der Waals surface area contributed by atoms with Gasteiger partial charge in [-0.1, -0.05) is 41.9 Å². The molecular formula is C22H22N6O. The molecule has 1 aliphatic carbocycles. The average molecular weight is 386 g/mol. The molecule has 1 aliphatic heterocycles. The molecule has 1 aromatic carbocycles. The van der Waals surface area contributed by atoms with Crippen molar-refractivity contribution in [3.8, 4) is 11.5 Å². The summed E-state index contributed by atoms with van der Waals surface area (Å²) in [4.78, 5) is 8.98. The first kappa shape index (κ1) is 17.6. The van der Waals surface area contributed by atoms with Crippen molar-refractivity contribution in [3.63, 3.8) is 0 Å². The molecular weight excluding hydrogens is 364 g/mol. The van der Waals surface area contributed by atoms with Gasteiger partial charge in [0.1, 0.15) is 5.82 Å². The maximum absolute atomic E-state index is 5.79. The molecule has 0 radical (unpaired) electrons. The Morgan fingerprint density at radius 3 is 2.62 bits per heavy atom. The first-order chi connectivity index (χ1) is 14.1. The highest BCUT2D eigenvalue weighted by Gasteiger charge is 2.44. The molecule has 0 bridgehead atoms. The van der Waals surface area contributed by atoms with Gasteiger partial charge in [0.15, 0.2) is 5.82 Å². The normalized spacial score (nSPS) is 18.0. The third kappa shape index (κ3) is 3.08. The van der Waals surface area contributed by atoms with E-state index in [-0.39, 0.29) is 5.41 Å². The molecule has 0 unspecified atom stereocenters. The predicted molar refractivity (Wildman–Crippen MR) is 111 cm³/mol. The SMILES string of the molecule is Cn1cc(-c2nc(C3(c4ccc(C5=CCC=C(N)N=C5)cc4)CCC3)no2)cn1.